The van der Waals surface area contributed by atoms with Crippen molar-refractivity contribution in [3.8, 4) is 16.9 Å². The SMILES string of the molecule is C1=CCC=C(n2c3ccccc3c3ccc4c5ccccc5n(-c5ccc(-c6cn7ccccc7n6)cc5)c4c32)C=C1. The fourth-order valence-electron chi connectivity index (χ4n) is 6.63. The smallest absolute Gasteiger partial charge is 0.137 e. The Bertz CT molecular complexity index is 2390. The van der Waals surface area contributed by atoms with Crippen LogP contribution < -0.4 is 0 Å². The number of fused-ring (bicyclic) bond motifs is 8. The van der Waals surface area contributed by atoms with Crippen LogP contribution >= 0.6 is 0 Å². The normalized spacial score (nSPS) is 13.6. The third-order valence-electron chi connectivity index (χ3n) is 8.49. The third-order valence-corrected chi connectivity index (χ3v) is 8.49. The molecule has 0 bridgehead atoms. The highest BCUT2D eigenvalue weighted by molar-refractivity contribution is 6.24. The molecule has 0 aliphatic heterocycles. The van der Waals surface area contributed by atoms with Crippen molar-refractivity contribution < 1.29 is 0 Å². The Hall–Kier alpha value is -5.61. The molecular formula is C38H26N4. The molecule has 8 aromatic rings. The molecule has 1 aliphatic carbocycles. The summed E-state index contributed by atoms with van der Waals surface area (Å²) >= 11 is 0. The van der Waals surface area contributed by atoms with E-state index in [4.69, 9.17) is 4.98 Å². The Balaban J connectivity index is 1.36. The lowest BCUT2D eigenvalue weighted by Crippen LogP contribution is -1.99. The Kier molecular flexibility index (Phi) is 4.93. The van der Waals surface area contributed by atoms with Gasteiger partial charge in [-0.2, -0.15) is 0 Å². The number of aromatic nitrogens is 4. The van der Waals surface area contributed by atoms with E-state index < -0.39 is 0 Å². The van der Waals surface area contributed by atoms with Crippen molar-refractivity contribution in [1.82, 2.24) is 18.5 Å². The summed E-state index contributed by atoms with van der Waals surface area (Å²) in [6.07, 6.45) is 16.1. The van der Waals surface area contributed by atoms with Gasteiger partial charge in [0.1, 0.15) is 5.65 Å². The summed E-state index contributed by atoms with van der Waals surface area (Å²) in [6, 6.07) is 37.1. The molecule has 42 heavy (non-hydrogen) atoms. The van der Waals surface area contributed by atoms with Crippen LogP contribution in [0.2, 0.25) is 0 Å². The van der Waals surface area contributed by atoms with E-state index in [1.54, 1.807) is 0 Å². The fourth-order valence-corrected chi connectivity index (χ4v) is 6.63. The van der Waals surface area contributed by atoms with E-state index in [9.17, 15) is 0 Å². The van der Waals surface area contributed by atoms with Gasteiger partial charge in [-0.1, -0.05) is 91.0 Å². The molecule has 4 nitrogen and oxygen atoms in total. The number of imidazole rings is 1. The number of nitrogens with zero attached hydrogens (tertiary/aromatic N) is 4. The standard InChI is InChI=1S/C38H26N4/c1-2-4-12-27(11-3-1)41-34-15-7-5-13-29(34)31-22-23-32-30-14-6-8-16-35(30)42(38(32)37(31)41)28-20-18-26(19-21-28)33-25-40-24-10-9-17-36(40)39-33/h1-3,5-25H,4H2. The minimum Gasteiger partial charge on any atom is -0.307 e. The Morgan fingerprint density at radius 3 is 2.05 bits per heavy atom. The average Bonchev–Trinajstić information content (AvgIpc) is 3.64. The van der Waals surface area contributed by atoms with Crippen molar-refractivity contribution >= 4 is 55.0 Å². The number of pyridine rings is 1. The van der Waals surface area contributed by atoms with Crippen molar-refractivity contribution in [3.63, 3.8) is 0 Å². The van der Waals surface area contributed by atoms with Gasteiger partial charge in [0, 0.05) is 50.9 Å². The van der Waals surface area contributed by atoms with Gasteiger partial charge in [0.15, 0.2) is 0 Å². The number of para-hydroxylation sites is 2. The number of benzene rings is 4. The molecule has 0 radical (unpaired) electrons. The zero-order valence-electron chi connectivity index (χ0n) is 22.9. The highest BCUT2D eigenvalue weighted by atomic mass is 15.0. The van der Waals surface area contributed by atoms with Crippen LogP contribution in [0, 0.1) is 0 Å². The second kappa shape index (κ2) is 8.95. The van der Waals surface area contributed by atoms with Crippen LogP contribution in [0.25, 0.3) is 71.9 Å². The van der Waals surface area contributed by atoms with Gasteiger partial charge in [0.05, 0.1) is 27.8 Å². The van der Waals surface area contributed by atoms with Crippen LogP contribution in [-0.4, -0.2) is 18.5 Å². The molecule has 0 unspecified atom stereocenters. The zero-order valence-corrected chi connectivity index (χ0v) is 22.9. The lowest BCUT2D eigenvalue weighted by atomic mass is 10.1. The van der Waals surface area contributed by atoms with E-state index in [1.807, 2.05) is 24.4 Å². The molecule has 0 fully saturated rings. The molecule has 0 spiro atoms. The van der Waals surface area contributed by atoms with Crippen molar-refractivity contribution in [2.75, 3.05) is 0 Å². The Morgan fingerprint density at radius 1 is 0.595 bits per heavy atom. The van der Waals surface area contributed by atoms with E-state index in [1.165, 1.54) is 49.3 Å². The molecular weight excluding hydrogens is 512 g/mol. The van der Waals surface area contributed by atoms with Crippen LogP contribution in [0.5, 0.6) is 0 Å². The highest BCUT2D eigenvalue weighted by Gasteiger charge is 2.21. The Morgan fingerprint density at radius 2 is 1.29 bits per heavy atom. The van der Waals surface area contributed by atoms with Gasteiger partial charge < -0.3 is 13.5 Å². The van der Waals surface area contributed by atoms with Crippen molar-refractivity contribution in [2.45, 2.75) is 6.42 Å². The lowest BCUT2D eigenvalue weighted by Gasteiger charge is -2.13. The predicted octanol–water partition coefficient (Wildman–Crippen LogP) is 9.56. The van der Waals surface area contributed by atoms with Crippen LogP contribution in [0.3, 0.4) is 0 Å². The monoisotopic (exact) mass is 538 g/mol. The van der Waals surface area contributed by atoms with Gasteiger partial charge in [-0.25, -0.2) is 4.98 Å². The van der Waals surface area contributed by atoms with E-state index in [-0.39, 0.29) is 0 Å². The topological polar surface area (TPSA) is 27.2 Å². The molecule has 0 saturated carbocycles. The molecule has 0 atom stereocenters. The lowest BCUT2D eigenvalue weighted by molar-refractivity contribution is 1.16. The summed E-state index contributed by atoms with van der Waals surface area (Å²) in [4.78, 5) is 4.85. The quantitative estimate of drug-likeness (QED) is 0.220. The second-order valence-corrected chi connectivity index (χ2v) is 10.9. The summed E-state index contributed by atoms with van der Waals surface area (Å²) in [5, 5.41) is 5.03. The number of hydrogen-bond donors (Lipinski definition) is 0. The van der Waals surface area contributed by atoms with Gasteiger partial charge in [-0.3, -0.25) is 0 Å². The zero-order chi connectivity index (χ0) is 27.6. The number of rotatable bonds is 3. The molecule has 4 aromatic heterocycles. The maximum Gasteiger partial charge on any atom is 0.137 e. The maximum absolute atomic E-state index is 4.85. The van der Waals surface area contributed by atoms with E-state index in [0.717, 1.165) is 29.0 Å². The van der Waals surface area contributed by atoms with Gasteiger partial charge in [0.25, 0.3) is 0 Å². The average molecular weight is 539 g/mol. The van der Waals surface area contributed by atoms with Gasteiger partial charge in [-0.15, -0.1) is 0 Å². The van der Waals surface area contributed by atoms with E-state index in [2.05, 4.69) is 135 Å². The van der Waals surface area contributed by atoms with Gasteiger partial charge in [0.2, 0.25) is 0 Å². The minimum absolute atomic E-state index is 0.903. The minimum atomic E-state index is 0.903. The Labute approximate surface area is 242 Å². The first-order valence-electron chi connectivity index (χ1n) is 14.4. The number of hydrogen-bond acceptors (Lipinski definition) is 1. The first-order valence-corrected chi connectivity index (χ1v) is 14.4. The summed E-state index contributed by atoms with van der Waals surface area (Å²) in [5.74, 6) is 0. The summed E-state index contributed by atoms with van der Waals surface area (Å²) in [6.45, 7) is 0. The predicted molar refractivity (Wildman–Crippen MR) is 175 cm³/mol. The van der Waals surface area contributed by atoms with Crippen LogP contribution in [0.15, 0.2) is 146 Å². The molecule has 0 saturated heterocycles. The molecule has 0 amide bonds. The molecule has 0 N–H and O–H groups in total. The van der Waals surface area contributed by atoms with E-state index in [0.29, 0.717) is 0 Å². The van der Waals surface area contributed by atoms with Gasteiger partial charge >= 0.3 is 0 Å². The second-order valence-electron chi connectivity index (χ2n) is 10.9. The van der Waals surface area contributed by atoms with Crippen LogP contribution in [-0.2, 0) is 0 Å². The van der Waals surface area contributed by atoms with Crippen molar-refractivity contribution in [3.05, 3.63) is 146 Å². The van der Waals surface area contributed by atoms with Crippen LogP contribution in [0.4, 0.5) is 0 Å². The number of allylic oxidation sites excluding steroid dienone is 6. The molecule has 4 heteroatoms. The van der Waals surface area contributed by atoms with Crippen molar-refractivity contribution in [2.24, 2.45) is 0 Å². The molecule has 198 valence electrons. The van der Waals surface area contributed by atoms with E-state index >= 15 is 0 Å². The first kappa shape index (κ1) is 23.1. The highest BCUT2D eigenvalue weighted by Crippen LogP contribution is 2.42. The largest absolute Gasteiger partial charge is 0.307 e. The molecule has 9 rings (SSSR count). The molecule has 4 aromatic carbocycles. The summed E-state index contributed by atoms with van der Waals surface area (Å²) < 4.78 is 6.96. The summed E-state index contributed by atoms with van der Waals surface area (Å²) in [5.41, 5.74) is 10.2. The van der Waals surface area contributed by atoms with Crippen LogP contribution in [0.1, 0.15) is 6.42 Å². The third kappa shape index (κ3) is 3.32. The summed E-state index contributed by atoms with van der Waals surface area (Å²) in [7, 11) is 0. The fraction of sp³-hybridized carbons (Fsp3) is 0.0263. The molecule has 4 heterocycles. The van der Waals surface area contributed by atoms with Crippen molar-refractivity contribution in [1.29, 1.82) is 0 Å². The van der Waals surface area contributed by atoms with Gasteiger partial charge in [-0.05, 0) is 48.9 Å². The maximum atomic E-state index is 4.85. The first-order chi connectivity index (χ1) is 20.8. The molecule has 1 aliphatic rings.